The van der Waals surface area contributed by atoms with E-state index in [9.17, 15) is 13.2 Å². The summed E-state index contributed by atoms with van der Waals surface area (Å²) >= 11 is 0. The molecule has 2 aliphatic rings. The lowest BCUT2D eigenvalue weighted by Gasteiger charge is -2.20. The average Bonchev–Trinajstić information content (AvgIpc) is 3.28. The number of aromatic nitrogens is 2. The molecule has 0 radical (unpaired) electrons. The van der Waals surface area contributed by atoms with E-state index in [-0.39, 0.29) is 23.1 Å². The van der Waals surface area contributed by atoms with Crippen molar-refractivity contribution in [3.63, 3.8) is 0 Å². The zero-order valence-electron chi connectivity index (χ0n) is 17.6. The Bertz CT molecular complexity index is 1100. The van der Waals surface area contributed by atoms with E-state index in [1.165, 1.54) is 4.68 Å². The van der Waals surface area contributed by atoms with E-state index in [0.717, 1.165) is 60.8 Å². The number of fused-ring (bicyclic) bond motifs is 1. The van der Waals surface area contributed by atoms with Gasteiger partial charge < -0.3 is 4.74 Å². The number of benzene rings is 1. The average molecular weight is 432 g/mol. The normalized spacial score (nSPS) is 19.1. The lowest BCUT2D eigenvalue weighted by Crippen LogP contribution is -2.32. The highest BCUT2D eigenvalue weighted by Crippen LogP contribution is 2.30. The van der Waals surface area contributed by atoms with Gasteiger partial charge in [-0.2, -0.15) is 5.10 Å². The maximum atomic E-state index is 13.1. The minimum atomic E-state index is -3.69. The molecule has 0 saturated carbocycles. The highest BCUT2D eigenvalue weighted by Gasteiger charge is 2.25. The number of hydrogen-bond acceptors (Lipinski definition) is 5. The van der Waals surface area contributed by atoms with Crippen LogP contribution in [0, 0.1) is 0 Å². The van der Waals surface area contributed by atoms with E-state index in [1.54, 1.807) is 13.1 Å². The van der Waals surface area contributed by atoms with Gasteiger partial charge in [0.15, 0.2) is 0 Å². The summed E-state index contributed by atoms with van der Waals surface area (Å²) in [6, 6.07) is 5.48. The Morgan fingerprint density at radius 3 is 2.67 bits per heavy atom. The molecule has 1 N–H and O–H groups in total. The zero-order valence-corrected chi connectivity index (χ0v) is 18.4. The second-order valence-electron chi connectivity index (χ2n) is 8.10. The largest absolute Gasteiger partial charge is 0.377 e. The quantitative estimate of drug-likeness (QED) is 0.758. The summed E-state index contributed by atoms with van der Waals surface area (Å²) in [6.07, 6.45) is 5.92. The van der Waals surface area contributed by atoms with Gasteiger partial charge in [0.1, 0.15) is 0 Å². The molecule has 0 bridgehead atoms. The van der Waals surface area contributed by atoms with E-state index in [0.29, 0.717) is 18.7 Å². The number of aryl methyl sites for hydroxylation is 2. The second kappa shape index (κ2) is 8.61. The molecule has 1 saturated heterocycles. The number of nitrogens with one attached hydrogen (secondary N) is 1. The number of hydrogen-bond donors (Lipinski definition) is 1. The van der Waals surface area contributed by atoms with Crippen LogP contribution < -0.4 is 10.3 Å². The Balaban J connectivity index is 1.75. The Kier molecular flexibility index (Phi) is 6.09. The summed E-state index contributed by atoms with van der Waals surface area (Å²) in [6.45, 7) is 2.91. The first-order valence-corrected chi connectivity index (χ1v) is 12.2. The first kappa shape index (κ1) is 21.2. The molecule has 30 heavy (non-hydrogen) atoms. The Morgan fingerprint density at radius 1 is 1.20 bits per heavy atom. The third kappa shape index (κ3) is 4.08. The fourth-order valence-corrected chi connectivity index (χ4v) is 5.82. The van der Waals surface area contributed by atoms with Crippen molar-refractivity contribution in [2.24, 2.45) is 7.05 Å². The maximum Gasteiger partial charge on any atom is 0.269 e. The molecule has 1 fully saturated rings. The van der Waals surface area contributed by atoms with Gasteiger partial charge in [-0.05, 0) is 62.1 Å². The SMILES string of the molecule is CCc1ccc(-c2nn(C)c(=O)c3c2CCCC3)cc1S(=O)(=O)NCC1CCCO1. The van der Waals surface area contributed by atoms with Crippen molar-refractivity contribution in [1.82, 2.24) is 14.5 Å². The van der Waals surface area contributed by atoms with Crippen LogP contribution in [0.1, 0.15) is 49.3 Å². The summed E-state index contributed by atoms with van der Waals surface area (Å²) in [5.41, 5.74) is 3.93. The molecule has 8 heteroatoms. The molecule has 162 valence electrons. The molecular formula is C22H29N3O4S. The molecular weight excluding hydrogens is 402 g/mol. The molecule has 0 amide bonds. The van der Waals surface area contributed by atoms with Crippen LogP contribution in [0.15, 0.2) is 27.9 Å². The zero-order chi connectivity index (χ0) is 21.3. The minimum Gasteiger partial charge on any atom is -0.377 e. The Hall–Kier alpha value is -2.03. The number of ether oxygens (including phenoxy) is 1. The van der Waals surface area contributed by atoms with Gasteiger partial charge >= 0.3 is 0 Å². The van der Waals surface area contributed by atoms with Crippen molar-refractivity contribution in [2.75, 3.05) is 13.2 Å². The first-order chi connectivity index (χ1) is 14.4. The standard InChI is InChI=1S/C22H29N3O4S/c1-3-15-10-11-16(13-20(15)30(27,28)23-14-17-7-6-12-29-17)21-18-8-4-5-9-19(18)22(26)25(2)24-21/h10-11,13,17,23H,3-9,12,14H2,1-2H3. The van der Waals surface area contributed by atoms with E-state index in [1.807, 2.05) is 19.1 Å². The number of nitrogens with zero attached hydrogens (tertiary/aromatic N) is 2. The molecule has 1 aliphatic heterocycles. The summed E-state index contributed by atoms with van der Waals surface area (Å²) in [5.74, 6) is 0. The fraction of sp³-hybridized carbons (Fsp3) is 0.545. The van der Waals surface area contributed by atoms with Crippen molar-refractivity contribution >= 4 is 10.0 Å². The fourth-order valence-electron chi connectivity index (χ4n) is 4.42. The van der Waals surface area contributed by atoms with Crippen molar-refractivity contribution in [1.29, 1.82) is 0 Å². The van der Waals surface area contributed by atoms with Gasteiger partial charge in [-0.25, -0.2) is 17.8 Å². The molecule has 1 atom stereocenters. The first-order valence-electron chi connectivity index (χ1n) is 10.7. The van der Waals surface area contributed by atoms with Crippen LogP contribution in [0.5, 0.6) is 0 Å². The van der Waals surface area contributed by atoms with E-state index >= 15 is 0 Å². The van der Waals surface area contributed by atoms with Crippen LogP contribution in [-0.2, 0) is 41.1 Å². The van der Waals surface area contributed by atoms with Gasteiger partial charge in [0.25, 0.3) is 5.56 Å². The lowest BCUT2D eigenvalue weighted by molar-refractivity contribution is 0.114. The topological polar surface area (TPSA) is 90.3 Å². The molecule has 0 spiro atoms. The van der Waals surface area contributed by atoms with Gasteiger partial charge in [-0.1, -0.05) is 19.1 Å². The van der Waals surface area contributed by atoms with Gasteiger partial charge in [-0.15, -0.1) is 0 Å². The molecule has 1 unspecified atom stereocenters. The summed E-state index contributed by atoms with van der Waals surface area (Å²) in [7, 11) is -2.03. The van der Waals surface area contributed by atoms with Crippen LogP contribution >= 0.6 is 0 Å². The monoisotopic (exact) mass is 431 g/mol. The van der Waals surface area contributed by atoms with Crippen LogP contribution in [0.2, 0.25) is 0 Å². The highest BCUT2D eigenvalue weighted by atomic mass is 32.2. The van der Waals surface area contributed by atoms with Gasteiger partial charge in [0.2, 0.25) is 10.0 Å². The van der Waals surface area contributed by atoms with Crippen molar-refractivity contribution in [3.8, 4) is 11.3 Å². The molecule has 7 nitrogen and oxygen atoms in total. The Morgan fingerprint density at radius 2 is 1.97 bits per heavy atom. The van der Waals surface area contributed by atoms with Crippen molar-refractivity contribution in [3.05, 3.63) is 45.2 Å². The van der Waals surface area contributed by atoms with E-state index in [2.05, 4.69) is 9.82 Å². The molecule has 4 rings (SSSR count). The van der Waals surface area contributed by atoms with Crippen LogP contribution in [0.4, 0.5) is 0 Å². The predicted molar refractivity (Wildman–Crippen MR) is 115 cm³/mol. The minimum absolute atomic E-state index is 0.0512. The third-order valence-electron chi connectivity index (χ3n) is 6.09. The highest BCUT2D eigenvalue weighted by molar-refractivity contribution is 7.89. The van der Waals surface area contributed by atoms with Gasteiger partial charge in [0, 0.05) is 31.3 Å². The lowest BCUT2D eigenvalue weighted by atomic mass is 9.89. The van der Waals surface area contributed by atoms with Crippen molar-refractivity contribution in [2.45, 2.75) is 62.9 Å². The van der Waals surface area contributed by atoms with Gasteiger partial charge in [0.05, 0.1) is 16.7 Å². The van der Waals surface area contributed by atoms with Crippen LogP contribution in [0.25, 0.3) is 11.3 Å². The molecule has 1 aromatic carbocycles. The van der Waals surface area contributed by atoms with Crippen LogP contribution in [-0.4, -0.2) is 37.5 Å². The van der Waals surface area contributed by atoms with E-state index < -0.39 is 10.0 Å². The number of rotatable bonds is 6. The van der Waals surface area contributed by atoms with Crippen LogP contribution in [0.3, 0.4) is 0 Å². The van der Waals surface area contributed by atoms with E-state index in [4.69, 9.17) is 4.74 Å². The number of sulfonamides is 1. The third-order valence-corrected chi connectivity index (χ3v) is 7.60. The molecule has 2 aromatic rings. The summed E-state index contributed by atoms with van der Waals surface area (Å²) in [4.78, 5) is 12.8. The smallest absolute Gasteiger partial charge is 0.269 e. The van der Waals surface area contributed by atoms with Gasteiger partial charge in [-0.3, -0.25) is 4.79 Å². The molecule has 2 heterocycles. The predicted octanol–water partition coefficient (Wildman–Crippen LogP) is 2.35. The molecule has 1 aromatic heterocycles. The summed E-state index contributed by atoms with van der Waals surface area (Å²) < 4.78 is 35.9. The maximum absolute atomic E-state index is 13.1. The summed E-state index contributed by atoms with van der Waals surface area (Å²) in [5, 5.41) is 4.51. The Labute approximate surface area is 177 Å². The second-order valence-corrected chi connectivity index (χ2v) is 9.84. The molecule has 1 aliphatic carbocycles. The van der Waals surface area contributed by atoms with Crippen molar-refractivity contribution < 1.29 is 13.2 Å².